The SMILES string of the molecule is C/C(=C(\CCO)SSCCCO)N(C=O)Cc1ccc(C)nc1N.CCN(C=O)Cc1ccc(C)nc1N. The van der Waals surface area contributed by atoms with Gasteiger partial charge in [-0.2, -0.15) is 0 Å². The summed E-state index contributed by atoms with van der Waals surface area (Å²) in [5, 5.41) is 18.1. The number of rotatable bonds is 15. The summed E-state index contributed by atoms with van der Waals surface area (Å²) in [5.74, 6) is 1.73. The Labute approximate surface area is 233 Å². The summed E-state index contributed by atoms with van der Waals surface area (Å²) in [6, 6.07) is 7.53. The highest BCUT2D eigenvalue weighted by Gasteiger charge is 2.14. The van der Waals surface area contributed by atoms with Gasteiger partial charge in [0.2, 0.25) is 12.8 Å². The third-order valence-corrected chi connectivity index (χ3v) is 8.15. The number of aliphatic hydroxyl groups excluding tert-OH is 2. The minimum absolute atomic E-state index is 0.0150. The average molecular weight is 565 g/mol. The summed E-state index contributed by atoms with van der Waals surface area (Å²) in [6.45, 7) is 9.25. The number of anilines is 2. The van der Waals surface area contributed by atoms with Crippen molar-refractivity contribution in [1.29, 1.82) is 0 Å². The fraction of sp³-hybridized carbons (Fsp3) is 0.462. The van der Waals surface area contributed by atoms with Crippen LogP contribution in [-0.4, -0.2) is 68.3 Å². The molecule has 6 N–H and O–H groups in total. The molecule has 2 aromatic heterocycles. The molecule has 0 aliphatic carbocycles. The van der Waals surface area contributed by atoms with E-state index in [1.165, 1.54) is 10.8 Å². The Balaban J connectivity index is 0.000000437. The topological polar surface area (TPSA) is 159 Å². The lowest BCUT2D eigenvalue weighted by molar-refractivity contribution is -0.118. The zero-order valence-corrected chi connectivity index (χ0v) is 24.2. The smallest absolute Gasteiger partial charge is 0.214 e. The average Bonchev–Trinajstić information content (AvgIpc) is 2.90. The van der Waals surface area contributed by atoms with Crippen molar-refractivity contribution in [1.82, 2.24) is 19.8 Å². The highest BCUT2D eigenvalue weighted by Crippen LogP contribution is 2.35. The molecule has 0 saturated carbocycles. The molecule has 0 aliphatic heterocycles. The molecule has 12 heteroatoms. The predicted octanol–water partition coefficient (Wildman–Crippen LogP) is 3.26. The van der Waals surface area contributed by atoms with E-state index in [1.54, 1.807) is 20.6 Å². The van der Waals surface area contributed by atoms with Gasteiger partial charge in [0, 0.05) is 71.6 Å². The Hall–Kier alpha value is -2.80. The van der Waals surface area contributed by atoms with Gasteiger partial charge in [0.25, 0.3) is 0 Å². The van der Waals surface area contributed by atoms with Crippen molar-refractivity contribution in [2.24, 2.45) is 0 Å². The number of nitrogens with zero attached hydrogens (tertiary/aromatic N) is 4. The van der Waals surface area contributed by atoms with Crippen LogP contribution in [-0.2, 0) is 22.7 Å². The van der Waals surface area contributed by atoms with E-state index < -0.39 is 0 Å². The van der Waals surface area contributed by atoms with Crippen molar-refractivity contribution < 1.29 is 19.8 Å². The minimum Gasteiger partial charge on any atom is -0.396 e. The van der Waals surface area contributed by atoms with E-state index >= 15 is 0 Å². The molecular weight excluding hydrogens is 524 g/mol. The van der Waals surface area contributed by atoms with Crippen molar-refractivity contribution in [2.75, 3.05) is 37.0 Å². The molecule has 0 unspecified atom stereocenters. The largest absolute Gasteiger partial charge is 0.396 e. The zero-order valence-electron chi connectivity index (χ0n) is 22.6. The van der Waals surface area contributed by atoms with Gasteiger partial charge in [0.15, 0.2) is 0 Å². The summed E-state index contributed by atoms with van der Waals surface area (Å²) in [6.07, 6.45) is 2.78. The highest BCUT2D eigenvalue weighted by molar-refractivity contribution is 8.78. The van der Waals surface area contributed by atoms with Gasteiger partial charge in [-0.1, -0.05) is 33.7 Å². The molecule has 2 amide bonds. The molecule has 0 bridgehead atoms. The number of hydrogen-bond donors (Lipinski definition) is 4. The van der Waals surface area contributed by atoms with Crippen molar-refractivity contribution >= 4 is 46.0 Å². The van der Waals surface area contributed by atoms with Gasteiger partial charge in [-0.05, 0) is 46.2 Å². The molecule has 0 saturated heterocycles. The molecule has 38 heavy (non-hydrogen) atoms. The third-order valence-electron chi connectivity index (χ3n) is 5.42. The van der Waals surface area contributed by atoms with Crippen LogP contribution in [0.3, 0.4) is 0 Å². The van der Waals surface area contributed by atoms with Gasteiger partial charge < -0.3 is 31.5 Å². The van der Waals surface area contributed by atoms with Crippen LogP contribution in [0.25, 0.3) is 0 Å². The first kappa shape index (κ1) is 33.2. The minimum atomic E-state index is 0.0150. The summed E-state index contributed by atoms with van der Waals surface area (Å²) in [4.78, 5) is 34.6. The number of aromatic nitrogens is 2. The van der Waals surface area contributed by atoms with E-state index in [1.807, 2.05) is 52.0 Å². The standard InChI is InChI=1S/C16H25N3O3S2.C10H15N3O/c1-12-4-5-14(16(17)18-12)10-19(11-22)13(2)15(6-8-21)24-23-9-3-7-20;1-3-13(7-14)6-9-5-4-8(2)12-10(9)11/h4-5,11,20-21H,3,6-10H2,1-2H3,(H2,17,18);4-5,7H,3,6H2,1-2H3,(H2,11,12)/b15-13-;. The third kappa shape index (κ3) is 11.7. The first-order chi connectivity index (χ1) is 18.2. The molecule has 2 heterocycles. The van der Waals surface area contributed by atoms with Crippen LogP contribution in [0.2, 0.25) is 0 Å². The quantitative estimate of drug-likeness (QED) is 0.144. The van der Waals surface area contributed by atoms with Crippen LogP contribution in [0.15, 0.2) is 34.9 Å². The van der Waals surface area contributed by atoms with Crippen LogP contribution >= 0.6 is 21.6 Å². The molecule has 0 aliphatic rings. The van der Waals surface area contributed by atoms with E-state index in [9.17, 15) is 14.7 Å². The maximum absolute atomic E-state index is 11.5. The number of nitrogen functional groups attached to an aromatic ring is 2. The van der Waals surface area contributed by atoms with Gasteiger partial charge in [0.1, 0.15) is 11.6 Å². The van der Waals surface area contributed by atoms with E-state index in [0.717, 1.165) is 51.7 Å². The molecule has 2 aromatic rings. The fourth-order valence-corrected chi connectivity index (χ4v) is 5.65. The van der Waals surface area contributed by atoms with Crippen LogP contribution in [0, 0.1) is 13.8 Å². The lowest BCUT2D eigenvalue weighted by Gasteiger charge is -2.22. The van der Waals surface area contributed by atoms with Crippen molar-refractivity contribution in [2.45, 2.75) is 53.6 Å². The van der Waals surface area contributed by atoms with Gasteiger partial charge in [-0.3, -0.25) is 9.59 Å². The number of carbonyl (C=O) groups is 2. The molecule has 10 nitrogen and oxygen atoms in total. The molecule has 210 valence electrons. The molecule has 0 radical (unpaired) electrons. The normalized spacial score (nSPS) is 11.2. The molecule has 0 spiro atoms. The zero-order chi connectivity index (χ0) is 28.5. The second kappa shape index (κ2) is 18.5. The summed E-state index contributed by atoms with van der Waals surface area (Å²) >= 11 is 0. The monoisotopic (exact) mass is 564 g/mol. The van der Waals surface area contributed by atoms with Crippen LogP contribution in [0.1, 0.15) is 49.2 Å². The fourth-order valence-electron chi connectivity index (χ4n) is 3.12. The number of carbonyl (C=O) groups excluding carboxylic acids is 2. The van der Waals surface area contributed by atoms with Crippen LogP contribution in [0.4, 0.5) is 11.6 Å². The van der Waals surface area contributed by atoms with E-state index in [-0.39, 0.29) is 13.2 Å². The van der Waals surface area contributed by atoms with E-state index in [4.69, 9.17) is 16.6 Å². The Bertz CT molecular complexity index is 1050. The van der Waals surface area contributed by atoms with Crippen molar-refractivity contribution in [3.63, 3.8) is 0 Å². The number of amides is 2. The van der Waals surface area contributed by atoms with Crippen LogP contribution in [0.5, 0.6) is 0 Å². The van der Waals surface area contributed by atoms with E-state index in [0.29, 0.717) is 44.1 Å². The Morgan fingerprint density at radius 2 is 1.53 bits per heavy atom. The van der Waals surface area contributed by atoms with E-state index in [2.05, 4.69) is 9.97 Å². The maximum atomic E-state index is 11.5. The number of aliphatic hydroxyl groups is 2. The highest BCUT2D eigenvalue weighted by atomic mass is 33.1. The number of pyridine rings is 2. The lowest BCUT2D eigenvalue weighted by Crippen LogP contribution is -2.21. The first-order valence-electron chi connectivity index (χ1n) is 12.3. The Kier molecular flexibility index (Phi) is 16.1. The summed E-state index contributed by atoms with van der Waals surface area (Å²) < 4.78 is 0. The van der Waals surface area contributed by atoms with Gasteiger partial charge in [0.05, 0.1) is 6.54 Å². The summed E-state index contributed by atoms with van der Waals surface area (Å²) in [5.41, 5.74) is 15.8. The second-order valence-corrected chi connectivity index (χ2v) is 10.9. The van der Waals surface area contributed by atoms with Gasteiger partial charge in [-0.15, -0.1) is 0 Å². The first-order valence-corrected chi connectivity index (χ1v) is 14.6. The Morgan fingerprint density at radius 3 is 1.97 bits per heavy atom. The van der Waals surface area contributed by atoms with Gasteiger partial charge in [-0.25, -0.2) is 9.97 Å². The summed E-state index contributed by atoms with van der Waals surface area (Å²) in [7, 11) is 3.13. The Morgan fingerprint density at radius 1 is 0.947 bits per heavy atom. The molecular formula is C26H40N6O4S2. The predicted molar refractivity (Wildman–Crippen MR) is 157 cm³/mol. The number of allylic oxidation sites excluding steroid dienone is 1. The second-order valence-electron chi connectivity index (χ2n) is 8.36. The van der Waals surface area contributed by atoms with Crippen molar-refractivity contribution in [3.05, 3.63) is 57.4 Å². The maximum Gasteiger partial charge on any atom is 0.214 e. The molecule has 0 atom stereocenters. The number of nitrogens with two attached hydrogens (primary N) is 2. The number of hydrogen-bond acceptors (Lipinski definition) is 10. The number of aryl methyl sites for hydroxylation is 2. The lowest BCUT2D eigenvalue weighted by atomic mass is 10.2. The molecule has 0 aromatic carbocycles. The van der Waals surface area contributed by atoms with Crippen molar-refractivity contribution in [3.8, 4) is 0 Å². The van der Waals surface area contributed by atoms with Crippen LogP contribution < -0.4 is 11.5 Å². The molecule has 0 fully saturated rings. The molecule has 2 rings (SSSR count). The van der Waals surface area contributed by atoms with Gasteiger partial charge >= 0.3 is 0 Å².